The van der Waals surface area contributed by atoms with Crippen LogP contribution in [0.1, 0.15) is 31.1 Å². The van der Waals surface area contributed by atoms with E-state index in [-0.39, 0.29) is 6.10 Å². The lowest BCUT2D eigenvalue weighted by molar-refractivity contribution is 0.0258. The minimum Gasteiger partial charge on any atom is -0.493 e. The second-order valence-electron chi connectivity index (χ2n) is 5.34. The molecule has 0 aliphatic carbocycles. The highest BCUT2D eigenvalue weighted by atomic mass is 19.1. The zero-order chi connectivity index (χ0) is 14.8. The van der Waals surface area contributed by atoms with Crippen molar-refractivity contribution in [1.82, 2.24) is 5.32 Å². The molecule has 0 aromatic heterocycles. The molecule has 0 amide bonds. The molecular formula is C15H22FNO3. The number of hydrogen-bond acceptors (Lipinski definition) is 4. The van der Waals surface area contributed by atoms with Crippen molar-refractivity contribution in [3.63, 3.8) is 0 Å². The van der Waals surface area contributed by atoms with E-state index >= 15 is 0 Å². The molecular weight excluding hydrogens is 261 g/mol. The maximum absolute atomic E-state index is 14.3. The van der Waals surface area contributed by atoms with Crippen molar-refractivity contribution in [3.8, 4) is 11.5 Å². The first-order valence-electron chi connectivity index (χ1n) is 6.75. The van der Waals surface area contributed by atoms with Crippen LogP contribution in [-0.2, 0) is 10.4 Å². The van der Waals surface area contributed by atoms with E-state index in [1.807, 2.05) is 0 Å². The van der Waals surface area contributed by atoms with Crippen LogP contribution in [0.3, 0.4) is 0 Å². The van der Waals surface area contributed by atoms with Gasteiger partial charge in [0.2, 0.25) is 0 Å². The number of morpholine rings is 1. The average molecular weight is 283 g/mol. The van der Waals surface area contributed by atoms with Crippen molar-refractivity contribution in [2.75, 3.05) is 33.9 Å². The highest BCUT2D eigenvalue weighted by Gasteiger charge is 2.27. The number of methoxy groups -OCH3 is 2. The Labute approximate surface area is 119 Å². The van der Waals surface area contributed by atoms with E-state index in [0.717, 1.165) is 12.1 Å². The summed E-state index contributed by atoms with van der Waals surface area (Å²) in [5.41, 5.74) is -0.0739. The zero-order valence-corrected chi connectivity index (χ0v) is 12.5. The van der Waals surface area contributed by atoms with E-state index in [2.05, 4.69) is 5.32 Å². The number of alkyl halides is 1. The molecule has 2 rings (SSSR count). The summed E-state index contributed by atoms with van der Waals surface area (Å²) in [5.74, 6) is 1.13. The summed E-state index contributed by atoms with van der Waals surface area (Å²) in [7, 11) is 3.13. The van der Waals surface area contributed by atoms with Crippen LogP contribution in [0.2, 0.25) is 0 Å². The molecule has 1 aliphatic rings. The molecule has 0 bridgehead atoms. The number of rotatable bonds is 4. The molecule has 1 aromatic carbocycles. The van der Waals surface area contributed by atoms with E-state index in [9.17, 15) is 4.39 Å². The summed E-state index contributed by atoms with van der Waals surface area (Å²) in [6.45, 7) is 5.18. The Morgan fingerprint density at radius 1 is 1.30 bits per heavy atom. The Morgan fingerprint density at radius 2 is 2.05 bits per heavy atom. The van der Waals surface area contributed by atoms with Gasteiger partial charge in [0.1, 0.15) is 5.67 Å². The zero-order valence-electron chi connectivity index (χ0n) is 12.5. The molecule has 1 heterocycles. The van der Waals surface area contributed by atoms with Crippen LogP contribution in [0.5, 0.6) is 11.5 Å². The van der Waals surface area contributed by atoms with Crippen LogP contribution in [-0.4, -0.2) is 33.9 Å². The van der Waals surface area contributed by atoms with Gasteiger partial charge >= 0.3 is 0 Å². The number of ether oxygens (including phenoxy) is 3. The first-order valence-corrected chi connectivity index (χ1v) is 6.75. The Hall–Kier alpha value is -1.33. The molecule has 1 atom stereocenters. The SMILES string of the molecule is COc1cc(C(C)(C)F)cc(C2CNCCO2)c1OC. The van der Waals surface area contributed by atoms with Crippen molar-refractivity contribution in [3.05, 3.63) is 23.3 Å². The van der Waals surface area contributed by atoms with Crippen molar-refractivity contribution in [2.45, 2.75) is 25.6 Å². The summed E-state index contributed by atoms with van der Waals surface area (Å²) >= 11 is 0. The smallest absolute Gasteiger partial charge is 0.166 e. The predicted molar refractivity (Wildman–Crippen MR) is 75.2 cm³/mol. The van der Waals surface area contributed by atoms with Gasteiger partial charge in [-0.15, -0.1) is 0 Å². The average Bonchev–Trinajstić information content (AvgIpc) is 2.45. The highest BCUT2D eigenvalue weighted by Crippen LogP contribution is 2.41. The summed E-state index contributed by atoms with van der Waals surface area (Å²) < 4.78 is 30.8. The maximum atomic E-state index is 14.3. The summed E-state index contributed by atoms with van der Waals surface area (Å²) in [5, 5.41) is 3.27. The summed E-state index contributed by atoms with van der Waals surface area (Å²) in [6, 6.07) is 3.48. The number of nitrogens with one attached hydrogen (secondary N) is 1. The standard InChI is InChI=1S/C15H22FNO3/c1-15(2,16)10-7-11(13-9-17-5-6-20-13)14(19-4)12(8-10)18-3/h7-8,13,17H,5-6,9H2,1-4H3. The van der Waals surface area contributed by atoms with Crippen molar-refractivity contribution in [1.29, 1.82) is 0 Å². The lowest BCUT2D eigenvalue weighted by Crippen LogP contribution is -2.33. The topological polar surface area (TPSA) is 39.7 Å². The van der Waals surface area contributed by atoms with E-state index < -0.39 is 5.67 Å². The molecule has 1 aromatic rings. The monoisotopic (exact) mass is 283 g/mol. The third-order valence-electron chi connectivity index (χ3n) is 3.47. The minimum absolute atomic E-state index is 0.158. The van der Waals surface area contributed by atoms with Gasteiger partial charge in [-0.3, -0.25) is 0 Å². The van der Waals surface area contributed by atoms with Gasteiger partial charge in [-0.05, 0) is 31.5 Å². The van der Waals surface area contributed by atoms with Crippen LogP contribution in [0.15, 0.2) is 12.1 Å². The largest absolute Gasteiger partial charge is 0.493 e. The lowest BCUT2D eigenvalue weighted by Gasteiger charge is -2.28. The summed E-state index contributed by atoms with van der Waals surface area (Å²) in [6.07, 6.45) is -0.158. The second-order valence-corrected chi connectivity index (χ2v) is 5.34. The van der Waals surface area contributed by atoms with Crippen molar-refractivity contribution in [2.24, 2.45) is 0 Å². The molecule has 5 heteroatoms. The van der Waals surface area contributed by atoms with Gasteiger partial charge in [0.25, 0.3) is 0 Å². The van der Waals surface area contributed by atoms with E-state index in [4.69, 9.17) is 14.2 Å². The van der Waals surface area contributed by atoms with Gasteiger partial charge < -0.3 is 19.5 Å². The fourth-order valence-corrected chi connectivity index (χ4v) is 2.34. The normalized spacial score (nSPS) is 19.8. The van der Waals surface area contributed by atoms with Gasteiger partial charge in [0, 0.05) is 18.7 Å². The molecule has 4 nitrogen and oxygen atoms in total. The summed E-state index contributed by atoms with van der Waals surface area (Å²) in [4.78, 5) is 0. The molecule has 112 valence electrons. The van der Waals surface area contributed by atoms with Gasteiger partial charge in [-0.1, -0.05) is 0 Å². The molecule has 0 saturated carbocycles. The van der Waals surface area contributed by atoms with Gasteiger partial charge in [0.15, 0.2) is 11.5 Å². The quantitative estimate of drug-likeness (QED) is 0.922. The molecule has 1 saturated heterocycles. The van der Waals surface area contributed by atoms with E-state index in [1.54, 1.807) is 26.4 Å². The molecule has 1 N–H and O–H groups in total. The van der Waals surface area contributed by atoms with Crippen molar-refractivity contribution < 1.29 is 18.6 Å². The Bertz CT molecular complexity index is 465. The molecule has 1 aliphatic heterocycles. The third kappa shape index (κ3) is 3.04. The van der Waals surface area contributed by atoms with Gasteiger partial charge in [-0.25, -0.2) is 4.39 Å². The van der Waals surface area contributed by atoms with Crippen LogP contribution in [0.25, 0.3) is 0 Å². The van der Waals surface area contributed by atoms with E-state index in [1.165, 1.54) is 13.8 Å². The fourth-order valence-electron chi connectivity index (χ4n) is 2.34. The highest BCUT2D eigenvalue weighted by molar-refractivity contribution is 5.52. The fraction of sp³-hybridized carbons (Fsp3) is 0.600. The molecule has 20 heavy (non-hydrogen) atoms. The Morgan fingerprint density at radius 3 is 2.55 bits per heavy atom. The molecule has 1 unspecified atom stereocenters. The Balaban J connectivity index is 2.50. The Kier molecular flexibility index (Phi) is 4.50. The van der Waals surface area contributed by atoms with Crippen molar-refractivity contribution >= 4 is 0 Å². The van der Waals surface area contributed by atoms with Gasteiger partial charge in [-0.2, -0.15) is 0 Å². The lowest BCUT2D eigenvalue weighted by atomic mass is 9.94. The first kappa shape index (κ1) is 15.1. The minimum atomic E-state index is -1.45. The second kappa shape index (κ2) is 5.97. The first-order chi connectivity index (χ1) is 9.47. The maximum Gasteiger partial charge on any atom is 0.166 e. The third-order valence-corrected chi connectivity index (χ3v) is 3.47. The van der Waals surface area contributed by atoms with Crippen LogP contribution >= 0.6 is 0 Å². The predicted octanol–water partition coefficient (Wildman–Crippen LogP) is 2.57. The van der Waals surface area contributed by atoms with Crippen LogP contribution in [0, 0.1) is 0 Å². The number of hydrogen-bond donors (Lipinski definition) is 1. The molecule has 1 fully saturated rings. The molecule has 0 radical (unpaired) electrons. The van der Waals surface area contributed by atoms with Gasteiger partial charge in [0.05, 0.1) is 26.9 Å². The number of benzene rings is 1. The number of halogens is 1. The van der Waals surface area contributed by atoms with Crippen LogP contribution < -0.4 is 14.8 Å². The van der Waals surface area contributed by atoms with E-state index in [0.29, 0.717) is 30.2 Å². The molecule has 0 spiro atoms. The van der Waals surface area contributed by atoms with Crippen LogP contribution in [0.4, 0.5) is 4.39 Å².